The number of rotatable bonds is 4. The van der Waals surface area contributed by atoms with Crippen molar-refractivity contribution in [2.45, 2.75) is 76.4 Å². The molecule has 2 saturated carbocycles. The summed E-state index contributed by atoms with van der Waals surface area (Å²) in [6.45, 7) is 7.33. The minimum Gasteiger partial charge on any atom is -0.311 e. The maximum atomic E-state index is 3.81. The van der Waals surface area contributed by atoms with Crippen LogP contribution in [0.3, 0.4) is 0 Å². The van der Waals surface area contributed by atoms with Crippen LogP contribution in [0.15, 0.2) is 0 Å². The van der Waals surface area contributed by atoms with E-state index in [4.69, 9.17) is 0 Å². The monoisotopic (exact) mass is 236 g/mol. The minimum absolute atomic E-state index is 0.593. The van der Waals surface area contributed by atoms with Crippen molar-refractivity contribution < 1.29 is 0 Å². The molecule has 0 spiro atoms. The Morgan fingerprint density at radius 1 is 1.24 bits per heavy atom. The third-order valence-electron chi connectivity index (χ3n) is 5.66. The van der Waals surface area contributed by atoms with E-state index in [1.807, 2.05) is 0 Å². The second-order valence-electron chi connectivity index (χ2n) is 6.50. The van der Waals surface area contributed by atoms with Crippen LogP contribution in [0.2, 0.25) is 0 Å². The highest BCUT2D eigenvalue weighted by Gasteiger charge is 2.47. The van der Waals surface area contributed by atoms with E-state index >= 15 is 0 Å². The Kier molecular flexibility index (Phi) is 3.20. The lowest BCUT2D eigenvalue weighted by Gasteiger charge is -2.56. The van der Waals surface area contributed by atoms with Crippen LogP contribution in [-0.4, -0.2) is 35.6 Å². The summed E-state index contributed by atoms with van der Waals surface area (Å²) in [5, 5.41) is 3.81. The molecule has 1 heterocycles. The van der Waals surface area contributed by atoms with Gasteiger partial charge < -0.3 is 5.32 Å². The summed E-state index contributed by atoms with van der Waals surface area (Å²) in [4.78, 5) is 2.91. The molecule has 0 aromatic heterocycles. The molecule has 3 aliphatic rings. The zero-order valence-electron chi connectivity index (χ0n) is 11.5. The van der Waals surface area contributed by atoms with E-state index in [-0.39, 0.29) is 0 Å². The first kappa shape index (κ1) is 12.0. The molecular weight excluding hydrogens is 208 g/mol. The van der Waals surface area contributed by atoms with Crippen molar-refractivity contribution in [3.05, 3.63) is 0 Å². The molecule has 98 valence electrons. The number of hydrogen-bond acceptors (Lipinski definition) is 2. The van der Waals surface area contributed by atoms with Crippen LogP contribution in [-0.2, 0) is 0 Å². The number of hydrogen-bond donors (Lipinski definition) is 1. The van der Waals surface area contributed by atoms with Crippen LogP contribution in [0.1, 0.15) is 58.8 Å². The molecule has 0 aromatic rings. The van der Waals surface area contributed by atoms with Crippen molar-refractivity contribution in [3.63, 3.8) is 0 Å². The van der Waals surface area contributed by atoms with Gasteiger partial charge in [0.2, 0.25) is 0 Å². The van der Waals surface area contributed by atoms with E-state index in [2.05, 4.69) is 24.1 Å². The molecule has 1 aliphatic heterocycles. The lowest BCUT2D eigenvalue weighted by Crippen LogP contribution is -2.66. The highest BCUT2D eigenvalue weighted by molar-refractivity contribution is 5.04. The third kappa shape index (κ3) is 2.04. The van der Waals surface area contributed by atoms with Crippen LogP contribution in [0.25, 0.3) is 0 Å². The molecule has 0 radical (unpaired) electrons. The zero-order valence-corrected chi connectivity index (χ0v) is 11.5. The third-order valence-corrected chi connectivity index (χ3v) is 5.66. The first-order valence-corrected chi connectivity index (χ1v) is 7.79. The highest BCUT2D eigenvalue weighted by atomic mass is 15.3. The van der Waals surface area contributed by atoms with Gasteiger partial charge >= 0.3 is 0 Å². The minimum atomic E-state index is 0.593. The molecule has 3 fully saturated rings. The van der Waals surface area contributed by atoms with Crippen LogP contribution in [0.4, 0.5) is 0 Å². The summed E-state index contributed by atoms with van der Waals surface area (Å²) in [7, 11) is 0. The first-order chi connectivity index (χ1) is 8.29. The van der Waals surface area contributed by atoms with E-state index in [0.29, 0.717) is 5.54 Å². The summed E-state index contributed by atoms with van der Waals surface area (Å²) < 4.78 is 0. The predicted octanol–water partition coefficient (Wildman–Crippen LogP) is 2.78. The lowest BCUT2D eigenvalue weighted by atomic mass is 9.72. The van der Waals surface area contributed by atoms with Crippen molar-refractivity contribution in [1.29, 1.82) is 0 Å². The van der Waals surface area contributed by atoms with Crippen molar-refractivity contribution >= 4 is 0 Å². The fourth-order valence-corrected chi connectivity index (χ4v) is 4.01. The van der Waals surface area contributed by atoms with E-state index in [1.165, 1.54) is 58.0 Å². The lowest BCUT2D eigenvalue weighted by molar-refractivity contribution is -0.0465. The Morgan fingerprint density at radius 2 is 2.00 bits per heavy atom. The largest absolute Gasteiger partial charge is 0.311 e. The Bertz CT molecular complexity index is 263. The molecule has 3 rings (SSSR count). The molecule has 0 bridgehead atoms. The zero-order chi connectivity index (χ0) is 11.9. The molecule has 2 heteroatoms. The summed E-state index contributed by atoms with van der Waals surface area (Å²) in [6, 6.07) is 1.60. The fourth-order valence-electron chi connectivity index (χ4n) is 4.01. The first-order valence-electron chi connectivity index (χ1n) is 7.79. The average molecular weight is 236 g/mol. The topological polar surface area (TPSA) is 15.3 Å². The van der Waals surface area contributed by atoms with Crippen LogP contribution in [0.5, 0.6) is 0 Å². The summed E-state index contributed by atoms with van der Waals surface area (Å²) in [5.41, 5.74) is 0.593. The van der Waals surface area contributed by atoms with Gasteiger partial charge in [-0.25, -0.2) is 0 Å². The maximum absolute atomic E-state index is 3.81. The number of nitrogens with one attached hydrogen (secondary N) is 1. The van der Waals surface area contributed by atoms with Gasteiger partial charge in [0.15, 0.2) is 0 Å². The molecule has 0 aromatic carbocycles. The van der Waals surface area contributed by atoms with Crippen molar-refractivity contribution in [2.24, 2.45) is 5.92 Å². The van der Waals surface area contributed by atoms with Gasteiger partial charge in [-0.2, -0.15) is 0 Å². The smallest absolute Gasteiger partial charge is 0.0224 e. The normalized spacial score (nSPS) is 37.8. The SMILES string of the molecule is CCC1CNC(C2CC2)CN1C1(CC)CCC1. The van der Waals surface area contributed by atoms with Gasteiger partial charge in [0.25, 0.3) is 0 Å². The Morgan fingerprint density at radius 3 is 2.47 bits per heavy atom. The van der Waals surface area contributed by atoms with Crippen molar-refractivity contribution in [1.82, 2.24) is 10.2 Å². The van der Waals surface area contributed by atoms with Gasteiger partial charge in [-0.15, -0.1) is 0 Å². The quantitative estimate of drug-likeness (QED) is 0.807. The van der Waals surface area contributed by atoms with E-state index in [1.54, 1.807) is 0 Å². The average Bonchev–Trinajstić information content (AvgIpc) is 3.12. The van der Waals surface area contributed by atoms with Crippen LogP contribution < -0.4 is 5.32 Å². The van der Waals surface area contributed by atoms with Gasteiger partial charge in [0.1, 0.15) is 0 Å². The molecule has 2 unspecified atom stereocenters. The van der Waals surface area contributed by atoms with E-state index in [9.17, 15) is 0 Å². The predicted molar refractivity (Wildman–Crippen MR) is 72.2 cm³/mol. The van der Waals surface area contributed by atoms with Gasteiger partial charge in [0.05, 0.1) is 0 Å². The molecule has 1 saturated heterocycles. The van der Waals surface area contributed by atoms with Crippen molar-refractivity contribution in [3.8, 4) is 0 Å². The Hall–Kier alpha value is -0.0800. The van der Waals surface area contributed by atoms with Gasteiger partial charge in [-0.1, -0.05) is 13.8 Å². The second kappa shape index (κ2) is 4.55. The maximum Gasteiger partial charge on any atom is 0.0224 e. The van der Waals surface area contributed by atoms with E-state index < -0.39 is 0 Å². The van der Waals surface area contributed by atoms with Crippen molar-refractivity contribution in [2.75, 3.05) is 13.1 Å². The molecule has 1 N–H and O–H groups in total. The molecule has 0 amide bonds. The number of piperazine rings is 1. The molecule has 17 heavy (non-hydrogen) atoms. The summed E-state index contributed by atoms with van der Waals surface area (Å²) in [6.07, 6.45) is 9.99. The number of nitrogens with zero attached hydrogens (tertiary/aromatic N) is 1. The van der Waals surface area contributed by atoms with Crippen LogP contribution >= 0.6 is 0 Å². The summed E-state index contributed by atoms with van der Waals surface area (Å²) >= 11 is 0. The molecule has 2 aliphatic carbocycles. The Labute approximate surface area is 106 Å². The molecular formula is C15H28N2. The highest BCUT2D eigenvalue weighted by Crippen LogP contribution is 2.44. The van der Waals surface area contributed by atoms with Gasteiger partial charge in [-0.3, -0.25) is 4.90 Å². The van der Waals surface area contributed by atoms with Gasteiger partial charge in [0, 0.05) is 30.7 Å². The van der Waals surface area contributed by atoms with Gasteiger partial charge in [-0.05, 0) is 50.9 Å². The standard InChI is InChI=1S/C15H28N2/c1-3-13-10-16-14(12-6-7-12)11-17(13)15(4-2)8-5-9-15/h12-14,16H,3-11H2,1-2H3. The molecule has 2 nitrogen and oxygen atoms in total. The summed E-state index contributed by atoms with van der Waals surface area (Å²) in [5.74, 6) is 1.00. The van der Waals surface area contributed by atoms with E-state index in [0.717, 1.165) is 18.0 Å². The fraction of sp³-hybridized carbons (Fsp3) is 1.00. The second-order valence-corrected chi connectivity index (χ2v) is 6.50. The van der Waals surface area contributed by atoms with Crippen LogP contribution in [0, 0.1) is 5.92 Å². The molecule has 2 atom stereocenters. The Balaban J connectivity index is 1.72.